The van der Waals surface area contributed by atoms with Gasteiger partial charge in [-0.3, -0.25) is 4.98 Å². The molecule has 76 valence electrons. The predicted octanol–water partition coefficient (Wildman–Crippen LogP) is 1.95. The molecule has 0 saturated carbocycles. The number of benzene rings is 1. The van der Waals surface area contributed by atoms with Crippen molar-refractivity contribution in [3.05, 3.63) is 35.5 Å². The highest BCUT2D eigenvalue weighted by molar-refractivity contribution is 5.97. The van der Waals surface area contributed by atoms with Crippen LogP contribution in [0.25, 0.3) is 10.9 Å². The number of phenols is 1. The Morgan fingerprint density at radius 3 is 2.80 bits per heavy atom. The van der Waals surface area contributed by atoms with Gasteiger partial charge in [0.2, 0.25) is 0 Å². The van der Waals surface area contributed by atoms with E-state index in [-0.39, 0.29) is 11.3 Å². The fourth-order valence-corrected chi connectivity index (χ4v) is 1.56. The molecule has 1 aromatic heterocycles. The second kappa shape index (κ2) is 3.24. The SMILES string of the molecule is Cc1c(C(=O)O)cnc2c(O)cccc12. The van der Waals surface area contributed by atoms with Gasteiger partial charge in [0, 0.05) is 11.6 Å². The molecule has 4 nitrogen and oxygen atoms in total. The van der Waals surface area contributed by atoms with Gasteiger partial charge in [0.15, 0.2) is 0 Å². The average molecular weight is 203 g/mol. The van der Waals surface area contributed by atoms with Crippen molar-refractivity contribution >= 4 is 16.9 Å². The summed E-state index contributed by atoms with van der Waals surface area (Å²) in [6, 6.07) is 4.93. The van der Waals surface area contributed by atoms with Crippen LogP contribution in [0.5, 0.6) is 5.75 Å². The first-order valence-electron chi connectivity index (χ1n) is 4.42. The Labute approximate surface area is 85.8 Å². The van der Waals surface area contributed by atoms with Gasteiger partial charge < -0.3 is 10.2 Å². The van der Waals surface area contributed by atoms with E-state index < -0.39 is 5.97 Å². The summed E-state index contributed by atoms with van der Waals surface area (Å²) < 4.78 is 0. The van der Waals surface area contributed by atoms with Crippen LogP contribution in [0.15, 0.2) is 24.4 Å². The van der Waals surface area contributed by atoms with Gasteiger partial charge in [-0.1, -0.05) is 12.1 Å². The van der Waals surface area contributed by atoms with Crippen LogP contribution in [-0.2, 0) is 0 Å². The number of carboxylic acids is 1. The van der Waals surface area contributed by atoms with Gasteiger partial charge in [-0.05, 0) is 18.6 Å². The molecule has 0 unspecified atom stereocenters. The zero-order valence-corrected chi connectivity index (χ0v) is 8.06. The minimum Gasteiger partial charge on any atom is -0.506 e. The van der Waals surface area contributed by atoms with E-state index in [1.54, 1.807) is 19.1 Å². The number of aromatic nitrogens is 1. The number of hydrogen-bond donors (Lipinski definition) is 2. The van der Waals surface area contributed by atoms with Crippen LogP contribution in [-0.4, -0.2) is 21.2 Å². The maximum atomic E-state index is 10.8. The lowest BCUT2D eigenvalue weighted by molar-refractivity contribution is 0.0696. The molecule has 0 fully saturated rings. The number of rotatable bonds is 1. The van der Waals surface area contributed by atoms with Gasteiger partial charge in [0.1, 0.15) is 11.3 Å². The van der Waals surface area contributed by atoms with Crippen LogP contribution in [0, 0.1) is 6.92 Å². The number of fused-ring (bicyclic) bond motifs is 1. The molecular weight excluding hydrogens is 194 g/mol. The molecule has 1 aromatic carbocycles. The number of aromatic hydroxyl groups is 1. The monoisotopic (exact) mass is 203 g/mol. The number of carboxylic acid groups (broad SMARTS) is 1. The molecule has 2 N–H and O–H groups in total. The Kier molecular flexibility index (Phi) is 2.04. The first kappa shape index (κ1) is 9.45. The molecular formula is C11H9NO3. The van der Waals surface area contributed by atoms with Crippen LogP contribution in [0.2, 0.25) is 0 Å². The van der Waals surface area contributed by atoms with E-state index in [4.69, 9.17) is 5.11 Å². The minimum atomic E-state index is -1.01. The molecule has 0 amide bonds. The summed E-state index contributed by atoms with van der Waals surface area (Å²) in [5.74, 6) is -0.946. The quantitative estimate of drug-likeness (QED) is 0.743. The molecule has 4 heteroatoms. The predicted molar refractivity (Wildman–Crippen MR) is 55.1 cm³/mol. The van der Waals surface area contributed by atoms with E-state index in [1.807, 2.05) is 0 Å². The summed E-state index contributed by atoms with van der Waals surface area (Å²) >= 11 is 0. The molecule has 0 spiro atoms. The molecule has 0 radical (unpaired) electrons. The van der Waals surface area contributed by atoms with Crippen molar-refractivity contribution in [2.75, 3.05) is 0 Å². The first-order valence-corrected chi connectivity index (χ1v) is 4.42. The second-order valence-corrected chi connectivity index (χ2v) is 3.28. The molecule has 0 aliphatic heterocycles. The van der Waals surface area contributed by atoms with Crippen LogP contribution >= 0.6 is 0 Å². The third-order valence-electron chi connectivity index (χ3n) is 2.38. The topological polar surface area (TPSA) is 70.4 Å². The summed E-state index contributed by atoms with van der Waals surface area (Å²) in [5, 5.41) is 19.1. The van der Waals surface area contributed by atoms with Gasteiger partial charge in [-0.15, -0.1) is 0 Å². The summed E-state index contributed by atoms with van der Waals surface area (Å²) in [7, 11) is 0. The third kappa shape index (κ3) is 1.40. The van der Waals surface area contributed by atoms with Gasteiger partial charge in [0.05, 0.1) is 5.56 Å². The van der Waals surface area contributed by atoms with E-state index in [2.05, 4.69) is 4.98 Å². The zero-order chi connectivity index (χ0) is 11.0. The highest BCUT2D eigenvalue weighted by atomic mass is 16.4. The van der Waals surface area contributed by atoms with E-state index in [1.165, 1.54) is 12.3 Å². The largest absolute Gasteiger partial charge is 0.506 e. The van der Waals surface area contributed by atoms with Crippen LogP contribution in [0.1, 0.15) is 15.9 Å². The van der Waals surface area contributed by atoms with E-state index in [0.29, 0.717) is 16.5 Å². The molecule has 1 heterocycles. The Morgan fingerprint density at radius 2 is 2.13 bits per heavy atom. The molecule has 0 saturated heterocycles. The lowest BCUT2D eigenvalue weighted by Gasteiger charge is -2.05. The zero-order valence-electron chi connectivity index (χ0n) is 8.06. The number of para-hydroxylation sites is 1. The standard InChI is InChI=1S/C11H9NO3/c1-6-7-3-2-4-9(13)10(7)12-5-8(6)11(14)15/h2-5,13H,1H3,(H,14,15). The van der Waals surface area contributed by atoms with E-state index in [9.17, 15) is 9.90 Å². The Bertz CT molecular complexity index is 549. The van der Waals surface area contributed by atoms with Gasteiger partial charge in [-0.2, -0.15) is 0 Å². The molecule has 0 aliphatic rings. The number of pyridine rings is 1. The summed E-state index contributed by atoms with van der Waals surface area (Å²) in [6.45, 7) is 1.70. The second-order valence-electron chi connectivity index (χ2n) is 3.28. The molecule has 15 heavy (non-hydrogen) atoms. The number of aromatic carboxylic acids is 1. The summed E-state index contributed by atoms with van der Waals surface area (Å²) in [5.41, 5.74) is 1.21. The Morgan fingerprint density at radius 1 is 1.40 bits per heavy atom. The average Bonchev–Trinajstić information content (AvgIpc) is 2.19. The highest BCUT2D eigenvalue weighted by Gasteiger charge is 2.11. The Balaban J connectivity index is 2.86. The molecule has 2 rings (SSSR count). The maximum Gasteiger partial charge on any atom is 0.337 e. The van der Waals surface area contributed by atoms with Crippen molar-refractivity contribution in [3.8, 4) is 5.75 Å². The number of aryl methyl sites for hydroxylation is 1. The number of nitrogens with zero attached hydrogens (tertiary/aromatic N) is 1. The lowest BCUT2D eigenvalue weighted by atomic mass is 10.0. The normalized spacial score (nSPS) is 10.5. The van der Waals surface area contributed by atoms with Crippen LogP contribution in [0.4, 0.5) is 0 Å². The smallest absolute Gasteiger partial charge is 0.337 e. The third-order valence-corrected chi connectivity index (χ3v) is 2.38. The van der Waals surface area contributed by atoms with Crippen molar-refractivity contribution in [3.63, 3.8) is 0 Å². The molecule has 2 aromatic rings. The van der Waals surface area contributed by atoms with Crippen molar-refractivity contribution in [2.45, 2.75) is 6.92 Å². The van der Waals surface area contributed by atoms with Crippen molar-refractivity contribution in [1.82, 2.24) is 4.98 Å². The van der Waals surface area contributed by atoms with Gasteiger partial charge >= 0.3 is 5.97 Å². The molecule has 0 aliphatic carbocycles. The minimum absolute atomic E-state index is 0.0625. The maximum absolute atomic E-state index is 10.8. The van der Waals surface area contributed by atoms with Gasteiger partial charge in [0.25, 0.3) is 0 Å². The molecule has 0 atom stereocenters. The molecule has 0 bridgehead atoms. The van der Waals surface area contributed by atoms with Crippen molar-refractivity contribution in [2.24, 2.45) is 0 Å². The summed E-state index contributed by atoms with van der Waals surface area (Å²) in [6.07, 6.45) is 1.26. The van der Waals surface area contributed by atoms with E-state index in [0.717, 1.165) is 0 Å². The van der Waals surface area contributed by atoms with Crippen LogP contribution < -0.4 is 0 Å². The van der Waals surface area contributed by atoms with Crippen molar-refractivity contribution < 1.29 is 15.0 Å². The summed E-state index contributed by atoms with van der Waals surface area (Å²) in [4.78, 5) is 14.8. The fourth-order valence-electron chi connectivity index (χ4n) is 1.56. The van der Waals surface area contributed by atoms with Gasteiger partial charge in [-0.25, -0.2) is 4.79 Å². The number of carbonyl (C=O) groups is 1. The van der Waals surface area contributed by atoms with Crippen LogP contribution in [0.3, 0.4) is 0 Å². The first-order chi connectivity index (χ1) is 7.11. The highest BCUT2D eigenvalue weighted by Crippen LogP contribution is 2.26. The lowest BCUT2D eigenvalue weighted by Crippen LogP contribution is -2.01. The Hall–Kier alpha value is -2.10. The number of phenolic OH excluding ortho intramolecular Hbond substituents is 1. The number of hydrogen-bond acceptors (Lipinski definition) is 3. The van der Waals surface area contributed by atoms with E-state index >= 15 is 0 Å². The van der Waals surface area contributed by atoms with Crippen molar-refractivity contribution in [1.29, 1.82) is 0 Å². The fraction of sp³-hybridized carbons (Fsp3) is 0.0909.